The number of aliphatic hydroxyl groups excluding tert-OH is 1. The summed E-state index contributed by atoms with van der Waals surface area (Å²) in [5.41, 5.74) is -0.537. The van der Waals surface area contributed by atoms with Crippen molar-refractivity contribution >= 4 is 12.3 Å². The lowest BCUT2D eigenvalue weighted by Crippen LogP contribution is -2.33. The van der Waals surface area contributed by atoms with Crippen LogP contribution < -0.4 is 5.32 Å². The minimum Gasteiger partial charge on any atom is -0.509 e. The van der Waals surface area contributed by atoms with Crippen molar-refractivity contribution < 1.29 is 14.6 Å². The summed E-state index contributed by atoms with van der Waals surface area (Å²) in [4.78, 5) is 14.8. The molecule has 1 amide bonds. The summed E-state index contributed by atoms with van der Waals surface area (Å²) in [5, 5.41) is 11.6. The molecule has 0 aromatic rings. The molecule has 0 radical (unpaired) electrons. The van der Waals surface area contributed by atoms with E-state index in [1.54, 1.807) is 27.7 Å². The van der Waals surface area contributed by atoms with E-state index in [-0.39, 0.29) is 12.3 Å². The molecule has 0 heterocycles. The average Bonchev–Trinajstić information content (AvgIpc) is 2.08. The number of nitrogens with one attached hydrogen (secondary N) is 1. The Hall–Kier alpha value is -1.52. The van der Waals surface area contributed by atoms with Gasteiger partial charge in [0.1, 0.15) is 11.4 Å². The predicted molar refractivity (Wildman–Crippen MR) is 59.1 cm³/mol. The second-order valence-corrected chi connectivity index (χ2v) is 3.88. The first-order valence-corrected chi connectivity index (χ1v) is 4.68. The number of ether oxygens (including phenoxy) is 1. The highest BCUT2D eigenvalue weighted by Crippen LogP contribution is 2.06. The Morgan fingerprint density at radius 1 is 1.53 bits per heavy atom. The third kappa shape index (κ3) is 8.80. The molecule has 0 aliphatic heterocycles. The Morgan fingerprint density at radius 3 is 2.60 bits per heavy atom. The number of aliphatic imine (C=N–C) groups is 1. The molecule has 0 aliphatic carbocycles. The number of carbonyl (C=O) groups is 1. The highest BCUT2D eigenvalue weighted by Gasteiger charge is 2.15. The van der Waals surface area contributed by atoms with Crippen molar-refractivity contribution in [2.24, 2.45) is 4.99 Å². The van der Waals surface area contributed by atoms with Gasteiger partial charge >= 0.3 is 6.09 Å². The number of hydrogen-bond donors (Lipinski definition) is 2. The van der Waals surface area contributed by atoms with Crippen LogP contribution in [0, 0.1) is 0 Å². The van der Waals surface area contributed by atoms with Crippen LogP contribution in [0.25, 0.3) is 0 Å². The van der Waals surface area contributed by atoms with E-state index in [1.807, 2.05) is 0 Å². The molecule has 0 unspecified atom stereocenters. The molecule has 0 rings (SSSR count). The van der Waals surface area contributed by atoms with Crippen molar-refractivity contribution in [1.82, 2.24) is 5.32 Å². The molecule has 0 aliphatic rings. The smallest absolute Gasteiger partial charge is 0.408 e. The van der Waals surface area contributed by atoms with E-state index in [0.717, 1.165) is 0 Å². The zero-order valence-corrected chi connectivity index (χ0v) is 9.57. The fourth-order valence-electron chi connectivity index (χ4n) is 0.683. The summed E-state index contributed by atoms with van der Waals surface area (Å²) in [5.74, 6) is -0.0287. The maximum atomic E-state index is 11.1. The zero-order valence-electron chi connectivity index (χ0n) is 9.57. The summed E-state index contributed by atoms with van der Waals surface area (Å²) in [6.07, 6.45) is 2.23. The van der Waals surface area contributed by atoms with Crippen molar-refractivity contribution in [2.45, 2.75) is 33.3 Å². The average molecular weight is 214 g/mol. The van der Waals surface area contributed by atoms with Crippen LogP contribution in [0.2, 0.25) is 0 Å². The van der Waals surface area contributed by atoms with Gasteiger partial charge in [-0.05, 0) is 27.7 Å². The van der Waals surface area contributed by atoms with E-state index in [2.05, 4.69) is 10.3 Å². The summed E-state index contributed by atoms with van der Waals surface area (Å²) in [6, 6.07) is 0. The van der Waals surface area contributed by atoms with Crippen LogP contribution in [0.5, 0.6) is 0 Å². The number of amides is 1. The molecule has 2 N–H and O–H groups in total. The molecule has 0 fully saturated rings. The molecule has 0 atom stereocenters. The highest BCUT2D eigenvalue weighted by atomic mass is 16.6. The van der Waals surface area contributed by atoms with E-state index in [4.69, 9.17) is 4.74 Å². The van der Waals surface area contributed by atoms with Crippen LogP contribution in [0.1, 0.15) is 27.7 Å². The van der Waals surface area contributed by atoms with Gasteiger partial charge in [0.25, 0.3) is 0 Å². The highest BCUT2D eigenvalue weighted by molar-refractivity contribution is 5.67. The predicted octanol–water partition coefficient (Wildman–Crippen LogP) is 2.00. The Morgan fingerprint density at radius 2 is 2.13 bits per heavy atom. The third-order valence-corrected chi connectivity index (χ3v) is 1.19. The number of hydrogen-bond acceptors (Lipinski definition) is 4. The number of rotatable bonds is 3. The van der Waals surface area contributed by atoms with E-state index in [9.17, 15) is 9.90 Å². The molecule has 5 nitrogen and oxygen atoms in total. The van der Waals surface area contributed by atoms with Crippen LogP contribution in [0.4, 0.5) is 4.79 Å². The second kappa shape index (κ2) is 6.06. The maximum Gasteiger partial charge on any atom is 0.408 e. The van der Waals surface area contributed by atoms with E-state index < -0.39 is 11.7 Å². The van der Waals surface area contributed by atoms with E-state index in [1.165, 1.54) is 12.4 Å². The number of carbonyl (C=O) groups excluding carboxylic acids is 1. The minimum atomic E-state index is -0.567. The molecule has 0 spiro atoms. The molecule has 0 saturated heterocycles. The number of aliphatic hydroxyl groups is 1. The Bertz CT molecular complexity index is 264. The number of alkyl carbamates (subject to hydrolysis) is 1. The van der Waals surface area contributed by atoms with Crippen molar-refractivity contribution in [3.8, 4) is 0 Å². The molecule has 5 heteroatoms. The van der Waals surface area contributed by atoms with Gasteiger partial charge in [0.2, 0.25) is 0 Å². The van der Waals surface area contributed by atoms with Gasteiger partial charge in [0.05, 0.1) is 12.7 Å². The van der Waals surface area contributed by atoms with Gasteiger partial charge in [-0.1, -0.05) is 0 Å². The topological polar surface area (TPSA) is 70.9 Å². The van der Waals surface area contributed by atoms with Gasteiger partial charge in [-0.3, -0.25) is 4.99 Å². The van der Waals surface area contributed by atoms with Crippen LogP contribution in [0.3, 0.4) is 0 Å². The summed E-state index contributed by atoms with van der Waals surface area (Å²) in [7, 11) is 0. The van der Waals surface area contributed by atoms with Crippen molar-refractivity contribution in [2.75, 3.05) is 6.54 Å². The lowest BCUT2D eigenvalue weighted by molar-refractivity contribution is 0.0527. The lowest BCUT2D eigenvalue weighted by Gasteiger charge is -2.19. The molecular formula is C10H18N2O3. The molecule has 86 valence electrons. The summed E-state index contributed by atoms with van der Waals surface area (Å²) >= 11 is 0. The van der Waals surface area contributed by atoms with Crippen molar-refractivity contribution in [3.05, 3.63) is 12.0 Å². The van der Waals surface area contributed by atoms with Gasteiger partial charge in [0, 0.05) is 6.21 Å². The summed E-state index contributed by atoms with van der Waals surface area (Å²) < 4.78 is 4.97. The fourth-order valence-corrected chi connectivity index (χ4v) is 0.683. The van der Waals surface area contributed by atoms with Crippen LogP contribution in [0.15, 0.2) is 17.0 Å². The number of nitrogens with zero attached hydrogens (tertiary/aromatic N) is 1. The Balaban J connectivity index is 3.91. The second-order valence-electron chi connectivity index (χ2n) is 3.88. The molecule has 0 saturated carbocycles. The van der Waals surface area contributed by atoms with Gasteiger partial charge in [-0.15, -0.1) is 0 Å². The van der Waals surface area contributed by atoms with Gasteiger partial charge < -0.3 is 15.2 Å². The van der Waals surface area contributed by atoms with Crippen LogP contribution >= 0.6 is 0 Å². The van der Waals surface area contributed by atoms with E-state index in [0.29, 0.717) is 0 Å². The lowest BCUT2D eigenvalue weighted by atomic mass is 10.2. The first-order chi connectivity index (χ1) is 6.85. The molecule has 0 bridgehead atoms. The van der Waals surface area contributed by atoms with Crippen molar-refractivity contribution in [3.63, 3.8) is 0 Å². The normalized spacial score (nSPS) is 12.9. The molecule has 0 aromatic carbocycles. The minimum absolute atomic E-state index is 0.00620. The Kier molecular flexibility index (Phi) is 5.44. The first kappa shape index (κ1) is 13.5. The van der Waals surface area contributed by atoms with Crippen LogP contribution in [-0.2, 0) is 4.74 Å². The molecule has 15 heavy (non-hydrogen) atoms. The summed E-state index contributed by atoms with van der Waals surface area (Å²) in [6.45, 7) is 7.04. The zero-order chi connectivity index (χ0) is 11.9. The van der Waals surface area contributed by atoms with Gasteiger partial charge in [0.15, 0.2) is 0 Å². The quantitative estimate of drug-likeness (QED) is 0.557. The fraction of sp³-hybridized carbons (Fsp3) is 0.600. The first-order valence-electron chi connectivity index (χ1n) is 4.68. The molecular weight excluding hydrogens is 196 g/mol. The van der Waals surface area contributed by atoms with Crippen LogP contribution in [-0.4, -0.2) is 29.6 Å². The maximum absolute atomic E-state index is 11.1. The SMILES string of the molecule is CC=N/C=C(\O)CNC(=O)OC(C)(C)C. The van der Waals surface area contributed by atoms with Gasteiger partial charge in [-0.25, -0.2) is 4.79 Å². The van der Waals surface area contributed by atoms with Crippen molar-refractivity contribution in [1.29, 1.82) is 0 Å². The third-order valence-electron chi connectivity index (χ3n) is 1.19. The van der Waals surface area contributed by atoms with Gasteiger partial charge in [-0.2, -0.15) is 0 Å². The standard InChI is InChI=1S/C10H18N2O3/c1-5-11-6-8(13)7-12-9(14)15-10(2,3)4/h5-6,13H,7H2,1-4H3,(H,12,14)/b8-6-,11-5?. The monoisotopic (exact) mass is 214 g/mol. The molecule has 0 aromatic heterocycles. The van der Waals surface area contributed by atoms with E-state index >= 15 is 0 Å². The largest absolute Gasteiger partial charge is 0.509 e. The Labute approximate surface area is 89.8 Å².